The van der Waals surface area contributed by atoms with Gasteiger partial charge in [0.25, 0.3) is 0 Å². The van der Waals surface area contributed by atoms with Crippen LogP contribution in [0.1, 0.15) is 45.1 Å². The second-order valence-corrected chi connectivity index (χ2v) is 12.4. The number of aliphatic hydroxyl groups excluding tert-OH is 1. The van der Waals surface area contributed by atoms with Crippen molar-refractivity contribution in [1.82, 2.24) is 9.80 Å². The molecular weight excluding hydrogens is 576 g/mol. The average Bonchev–Trinajstić information content (AvgIpc) is 3.53. The van der Waals surface area contributed by atoms with E-state index in [1.807, 2.05) is 50.3 Å². The summed E-state index contributed by atoms with van der Waals surface area (Å²) in [5, 5.41) is 10.6. The maximum Gasteiger partial charge on any atom is 0.312 e. The quantitative estimate of drug-likeness (QED) is 0.148. The fourth-order valence-electron chi connectivity index (χ4n) is 6.66. The molecule has 3 heterocycles. The molecule has 0 aromatic heterocycles. The van der Waals surface area contributed by atoms with Gasteiger partial charge in [-0.05, 0) is 51.5 Å². The molecule has 1 N–H and O–H groups in total. The summed E-state index contributed by atoms with van der Waals surface area (Å²) in [6.45, 7) is 11.6. The molecule has 2 amide bonds. The zero-order valence-corrected chi connectivity index (χ0v) is 25.0. The van der Waals surface area contributed by atoms with Crippen LogP contribution in [0.3, 0.4) is 0 Å². The molecule has 0 saturated carbocycles. The van der Waals surface area contributed by atoms with Crippen molar-refractivity contribution in [2.75, 3.05) is 19.8 Å². The molecule has 218 valence electrons. The average molecular weight is 618 g/mol. The van der Waals surface area contributed by atoms with Gasteiger partial charge in [0, 0.05) is 17.4 Å². The summed E-state index contributed by atoms with van der Waals surface area (Å²) in [6.07, 6.45) is 6.04. The van der Waals surface area contributed by atoms with Crippen molar-refractivity contribution in [3.63, 3.8) is 0 Å². The van der Waals surface area contributed by atoms with E-state index in [4.69, 9.17) is 9.47 Å². The number of allylic oxidation sites excluding steroid dienone is 1. The number of carbonyl (C=O) groups is 3. The first-order valence-electron chi connectivity index (χ1n) is 14.2. The van der Waals surface area contributed by atoms with Crippen molar-refractivity contribution in [2.45, 2.75) is 80.6 Å². The lowest BCUT2D eigenvalue weighted by atomic mass is 9.70. The molecular formula is C31H41BrN2O6. The van der Waals surface area contributed by atoms with Crippen molar-refractivity contribution in [2.24, 2.45) is 11.8 Å². The fraction of sp³-hybridized carbons (Fsp3) is 0.581. The van der Waals surface area contributed by atoms with E-state index in [1.54, 1.807) is 11.0 Å². The van der Waals surface area contributed by atoms with Crippen LogP contribution >= 0.6 is 15.9 Å². The van der Waals surface area contributed by atoms with Crippen molar-refractivity contribution in [1.29, 1.82) is 0 Å². The summed E-state index contributed by atoms with van der Waals surface area (Å²) in [7, 11) is 0. The van der Waals surface area contributed by atoms with E-state index in [0.29, 0.717) is 25.8 Å². The molecule has 9 heteroatoms. The number of esters is 1. The number of hydrogen-bond donors (Lipinski definition) is 1. The highest BCUT2D eigenvalue weighted by Gasteiger charge is 2.77. The van der Waals surface area contributed by atoms with E-state index in [0.717, 1.165) is 18.4 Å². The minimum absolute atomic E-state index is 0.158. The molecule has 8 nitrogen and oxygen atoms in total. The van der Waals surface area contributed by atoms with Gasteiger partial charge in [0.2, 0.25) is 11.8 Å². The van der Waals surface area contributed by atoms with Crippen molar-refractivity contribution in [3.05, 3.63) is 61.2 Å². The van der Waals surface area contributed by atoms with E-state index in [1.165, 1.54) is 4.90 Å². The second-order valence-electron chi connectivity index (χ2n) is 11.3. The molecule has 3 saturated heterocycles. The predicted octanol–water partition coefficient (Wildman–Crippen LogP) is 3.66. The Morgan fingerprint density at radius 3 is 2.60 bits per heavy atom. The Bertz CT molecular complexity index is 1100. The molecule has 1 aromatic carbocycles. The minimum Gasteiger partial charge on any atom is -0.465 e. The van der Waals surface area contributed by atoms with Gasteiger partial charge in [0.05, 0.1) is 37.2 Å². The maximum atomic E-state index is 14.4. The van der Waals surface area contributed by atoms with Crippen LogP contribution in [0.2, 0.25) is 0 Å². The van der Waals surface area contributed by atoms with Gasteiger partial charge in [-0.25, -0.2) is 0 Å². The first-order chi connectivity index (χ1) is 19.2. The first-order valence-corrected chi connectivity index (χ1v) is 15.1. The number of alkyl halides is 1. The van der Waals surface area contributed by atoms with E-state index in [2.05, 4.69) is 29.1 Å². The number of carbonyl (C=O) groups excluding carboxylic acids is 3. The smallest absolute Gasteiger partial charge is 0.312 e. The van der Waals surface area contributed by atoms with E-state index in [-0.39, 0.29) is 35.9 Å². The van der Waals surface area contributed by atoms with Gasteiger partial charge in [-0.15, -0.1) is 13.2 Å². The molecule has 3 aliphatic heterocycles. The van der Waals surface area contributed by atoms with Gasteiger partial charge in [-0.3, -0.25) is 14.4 Å². The Kier molecular flexibility index (Phi) is 9.90. The molecule has 0 aliphatic carbocycles. The van der Waals surface area contributed by atoms with Crippen LogP contribution in [-0.2, 0) is 30.3 Å². The molecule has 40 heavy (non-hydrogen) atoms. The summed E-state index contributed by atoms with van der Waals surface area (Å²) < 4.78 is 12.2. The van der Waals surface area contributed by atoms with Gasteiger partial charge in [0.15, 0.2) is 0 Å². The maximum absolute atomic E-state index is 14.4. The first kappa shape index (κ1) is 30.5. The second kappa shape index (κ2) is 13.0. The monoisotopic (exact) mass is 616 g/mol. The molecule has 3 unspecified atom stereocenters. The van der Waals surface area contributed by atoms with Crippen LogP contribution < -0.4 is 0 Å². The van der Waals surface area contributed by atoms with E-state index in [9.17, 15) is 19.5 Å². The number of ether oxygens (including phenoxy) is 2. The van der Waals surface area contributed by atoms with Crippen LogP contribution in [0.4, 0.5) is 0 Å². The molecule has 3 fully saturated rings. The lowest BCUT2D eigenvalue weighted by molar-refractivity contribution is -0.156. The number of aliphatic hydroxyl groups is 1. The highest BCUT2D eigenvalue weighted by molar-refractivity contribution is 9.09. The lowest BCUT2D eigenvalue weighted by Crippen LogP contribution is -2.60. The molecule has 7 atom stereocenters. The van der Waals surface area contributed by atoms with E-state index < -0.39 is 41.6 Å². The van der Waals surface area contributed by atoms with Gasteiger partial charge < -0.3 is 24.4 Å². The highest BCUT2D eigenvalue weighted by atomic mass is 79.9. The lowest BCUT2D eigenvalue weighted by Gasteiger charge is -2.40. The number of rotatable bonds is 14. The van der Waals surface area contributed by atoms with Crippen LogP contribution in [0.15, 0.2) is 55.6 Å². The Hall–Kier alpha value is -2.49. The summed E-state index contributed by atoms with van der Waals surface area (Å²) in [6, 6.07) is 7.74. The zero-order chi connectivity index (χ0) is 29.0. The van der Waals surface area contributed by atoms with Crippen LogP contribution in [0, 0.1) is 11.8 Å². The van der Waals surface area contributed by atoms with Crippen LogP contribution in [0.5, 0.6) is 0 Å². The minimum atomic E-state index is -1.21. The molecule has 2 bridgehead atoms. The summed E-state index contributed by atoms with van der Waals surface area (Å²) >= 11 is 3.69. The largest absolute Gasteiger partial charge is 0.465 e. The Labute approximate surface area is 245 Å². The van der Waals surface area contributed by atoms with Crippen LogP contribution in [0.25, 0.3) is 0 Å². The number of halogens is 1. The Morgan fingerprint density at radius 1 is 1.25 bits per heavy atom. The number of unbranched alkanes of at least 4 members (excludes halogenated alkanes) is 2. The summed E-state index contributed by atoms with van der Waals surface area (Å²) in [4.78, 5) is 45.2. The highest BCUT2D eigenvalue weighted by Crippen LogP contribution is 2.60. The van der Waals surface area contributed by atoms with Gasteiger partial charge in [-0.2, -0.15) is 0 Å². The topological polar surface area (TPSA) is 96.4 Å². The summed E-state index contributed by atoms with van der Waals surface area (Å²) in [5.74, 6) is -2.80. The van der Waals surface area contributed by atoms with Gasteiger partial charge in [0.1, 0.15) is 11.6 Å². The normalized spacial score (nSPS) is 29.4. The van der Waals surface area contributed by atoms with Crippen LogP contribution in [-0.4, -0.2) is 87.1 Å². The Balaban J connectivity index is 1.72. The summed E-state index contributed by atoms with van der Waals surface area (Å²) in [5.41, 5.74) is -0.279. The van der Waals surface area contributed by atoms with E-state index >= 15 is 0 Å². The molecule has 0 radical (unpaired) electrons. The number of likely N-dealkylation sites (tertiary alicyclic amines) is 1. The number of hydrogen-bond acceptors (Lipinski definition) is 6. The number of amides is 2. The molecule has 1 spiro atoms. The fourth-order valence-corrected chi connectivity index (χ4v) is 7.60. The van der Waals surface area contributed by atoms with Gasteiger partial charge >= 0.3 is 5.97 Å². The molecule has 1 aromatic rings. The number of benzene rings is 1. The standard InChI is InChI=1S/C31H41BrN2O6/c1-5-7-8-12-16-39-30(38)24-25-28(36)34(22(19-35)17-21-13-10-9-11-14-21)27(29(37)33(15-6-2)20(3)4)31(25)18-23(32)26(24)40-31/h5-6,9-11,13-14,20,22-27,35H,1-2,7-8,12,15-19H2,3-4H3/t22-,23?,24-,25+,26-,27?,31?/m1/s1. The van der Waals surface area contributed by atoms with Crippen molar-refractivity contribution < 1.29 is 29.0 Å². The third kappa shape index (κ3) is 5.52. The third-order valence-corrected chi connectivity index (χ3v) is 9.28. The van der Waals surface area contributed by atoms with Gasteiger partial charge in [-0.1, -0.05) is 58.4 Å². The van der Waals surface area contributed by atoms with Crippen molar-refractivity contribution in [3.8, 4) is 0 Å². The molecule has 3 aliphatic rings. The Morgan fingerprint density at radius 2 is 1.98 bits per heavy atom. The number of fused-ring (bicyclic) bond motifs is 1. The zero-order valence-electron chi connectivity index (χ0n) is 23.4. The SMILES string of the molecule is C=CCCCCOC(=O)[C@H]1[C@@H]2OC3(CC2Br)C(C(=O)N(CC=C)C(C)C)N([C@@H](CO)Cc2ccccc2)C(=O)[C@H]13. The number of nitrogens with zero attached hydrogens (tertiary/aromatic N) is 2. The van der Waals surface area contributed by atoms with Crippen molar-refractivity contribution >= 4 is 33.7 Å². The molecule has 4 rings (SSSR count). The third-order valence-electron chi connectivity index (χ3n) is 8.43. The predicted molar refractivity (Wildman–Crippen MR) is 156 cm³/mol.